The van der Waals surface area contributed by atoms with Crippen molar-refractivity contribution < 1.29 is 37.3 Å². The highest BCUT2D eigenvalue weighted by molar-refractivity contribution is 7.47. The fourth-order valence-corrected chi connectivity index (χ4v) is 9.48. The van der Waals surface area contributed by atoms with Gasteiger partial charge in [-0.3, -0.25) is 18.6 Å². The molecule has 75 heavy (non-hydrogen) atoms. The number of ether oxygens (including phenoxy) is 1. The maximum absolute atomic E-state index is 13.5. The SMILES string of the molecule is CCCCC/C=C\C/C=C\C/C=C\C/C=C\CCCCCCCC(=O)NC(COP(=O)(O)OCC[N+](C)(C)C)C(/C=C\CCCCCCCCCCC)OC(=O)CCCCCCCCC/C=C/CCCCCCCC. The normalized spacial score (nSPS) is 14.2. The number of carbonyl (C=O) groups excluding carboxylic acids is 2. The molecule has 0 heterocycles. The van der Waals surface area contributed by atoms with E-state index in [1.54, 1.807) is 0 Å². The average Bonchev–Trinajstić information content (AvgIpc) is 3.37. The molecule has 0 spiro atoms. The second-order valence-electron chi connectivity index (χ2n) is 22.2. The quantitative estimate of drug-likeness (QED) is 0.0205. The van der Waals surface area contributed by atoms with E-state index < -0.39 is 20.0 Å². The summed E-state index contributed by atoms with van der Waals surface area (Å²) in [5, 5.41) is 3.04. The van der Waals surface area contributed by atoms with Gasteiger partial charge in [0.25, 0.3) is 0 Å². The minimum absolute atomic E-state index is 0.0334. The highest BCUT2D eigenvalue weighted by Gasteiger charge is 2.30. The summed E-state index contributed by atoms with van der Waals surface area (Å²) >= 11 is 0. The van der Waals surface area contributed by atoms with E-state index >= 15 is 0 Å². The molecule has 10 heteroatoms. The lowest BCUT2D eigenvalue weighted by atomic mass is 10.1. The molecular formula is C65H120N2O7P+. The van der Waals surface area contributed by atoms with Crippen LogP contribution in [0, 0.1) is 0 Å². The molecule has 0 bridgehead atoms. The molecule has 0 aliphatic carbocycles. The number of carbonyl (C=O) groups is 2. The Morgan fingerprint density at radius 1 is 0.467 bits per heavy atom. The molecule has 0 saturated carbocycles. The van der Waals surface area contributed by atoms with Gasteiger partial charge in [-0.25, -0.2) is 4.57 Å². The summed E-state index contributed by atoms with van der Waals surface area (Å²) in [6, 6.07) is -0.862. The Morgan fingerprint density at radius 2 is 0.813 bits per heavy atom. The van der Waals surface area contributed by atoms with Crippen LogP contribution in [0.3, 0.4) is 0 Å². The molecule has 0 aromatic carbocycles. The number of unbranched alkanes of at least 4 members (excludes halogenated alkanes) is 30. The molecular weight excluding hydrogens is 952 g/mol. The summed E-state index contributed by atoms with van der Waals surface area (Å²) in [5.41, 5.74) is 0. The third kappa shape index (κ3) is 56.0. The van der Waals surface area contributed by atoms with Crippen LogP contribution in [0.15, 0.2) is 72.9 Å². The molecule has 0 rings (SSSR count). The monoisotopic (exact) mass is 1070 g/mol. The van der Waals surface area contributed by atoms with E-state index in [0.29, 0.717) is 17.4 Å². The van der Waals surface area contributed by atoms with Crippen molar-refractivity contribution in [3.63, 3.8) is 0 Å². The van der Waals surface area contributed by atoms with E-state index in [2.05, 4.69) is 86.8 Å². The number of phosphoric acid groups is 1. The molecule has 0 saturated heterocycles. The third-order valence-electron chi connectivity index (χ3n) is 13.6. The molecule has 0 aliphatic heterocycles. The van der Waals surface area contributed by atoms with Crippen LogP contribution in [-0.2, 0) is 27.9 Å². The van der Waals surface area contributed by atoms with Crippen molar-refractivity contribution in [2.24, 2.45) is 0 Å². The van der Waals surface area contributed by atoms with Gasteiger partial charge in [0.2, 0.25) is 5.91 Å². The van der Waals surface area contributed by atoms with E-state index in [1.807, 2.05) is 33.3 Å². The van der Waals surface area contributed by atoms with E-state index in [4.69, 9.17) is 13.8 Å². The van der Waals surface area contributed by atoms with Gasteiger partial charge < -0.3 is 19.4 Å². The number of nitrogens with zero attached hydrogens (tertiary/aromatic N) is 1. The minimum atomic E-state index is -4.46. The van der Waals surface area contributed by atoms with Crippen LogP contribution in [0.5, 0.6) is 0 Å². The first-order valence-electron chi connectivity index (χ1n) is 31.3. The number of rotatable bonds is 56. The number of esters is 1. The Labute approximate surface area is 463 Å². The maximum atomic E-state index is 13.5. The van der Waals surface area contributed by atoms with E-state index in [9.17, 15) is 19.0 Å². The van der Waals surface area contributed by atoms with Gasteiger partial charge in [-0.2, -0.15) is 0 Å². The molecule has 1 amide bonds. The second kappa shape index (κ2) is 54.8. The van der Waals surface area contributed by atoms with Crippen molar-refractivity contribution in [1.82, 2.24) is 5.32 Å². The molecule has 0 aromatic rings. The summed E-state index contributed by atoms with van der Waals surface area (Å²) in [7, 11) is 1.48. The van der Waals surface area contributed by atoms with E-state index in [1.165, 1.54) is 135 Å². The smallest absolute Gasteiger partial charge is 0.456 e. The summed E-state index contributed by atoms with van der Waals surface area (Å²) in [4.78, 5) is 37.7. The van der Waals surface area contributed by atoms with Crippen molar-refractivity contribution in [1.29, 1.82) is 0 Å². The third-order valence-corrected chi connectivity index (χ3v) is 14.6. The van der Waals surface area contributed by atoms with Crippen molar-refractivity contribution in [3.8, 4) is 0 Å². The number of hydrogen-bond acceptors (Lipinski definition) is 6. The molecule has 0 aromatic heterocycles. The van der Waals surface area contributed by atoms with Crippen LogP contribution in [0.25, 0.3) is 0 Å². The van der Waals surface area contributed by atoms with Gasteiger partial charge in [-0.1, -0.05) is 235 Å². The Bertz CT molecular complexity index is 1510. The molecule has 3 unspecified atom stereocenters. The fraction of sp³-hybridized carbons (Fsp3) is 0.785. The number of allylic oxidation sites excluding steroid dienone is 11. The van der Waals surface area contributed by atoms with Crippen LogP contribution < -0.4 is 5.32 Å². The summed E-state index contributed by atoms with van der Waals surface area (Å²) in [6.07, 6.45) is 70.4. The average molecular weight is 1070 g/mol. The number of phosphoric ester groups is 1. The van der Waals surface area contributed by atoms with Gasteiger partial charge in [-0.15, -0.1) is 0 Å². The van der Waals surface area contributed by atoms with Crippen molar-refractivity contribution >= 4 is 19.7 Å². The van der Waals surface area contributed by atoms with Gasteiger partial charge in [0.05, 0.1) is 33.8 Å². The lowest BCUT2D eigenvalue weighted by molar-refractivity contribution is -0.870. The Balaban J connectivity index is 5.26. The Morgan fingerprint density at radius 3 is 1.25 bits per heavy atom. The van der Waals surface area contributed by atoms with Gasteiger partial charge in [-0.05, 0) is 102 Å². The number of quaternary nitrogens is 1. The Kier molecular flexibility index (Phi) is 52.9. The summed E-state index contributed by atoms with van der Waals surface area (Å²) in [5.74, 6) is -0.529. The molecule has 0 aliphatic rings. The van der Waals surface area contributed by atoms with Crippen molar-refractivity contribution in [2.75, 3.05) is 40.9 Å². The molecule has 0 radical (unpaired) electrons. The number of amides is 1. The molecule has 9 nitrogen and oxygen atoms in total. The zero-order chi connectivity index (χ0) is 55.0. The van der Waals surface area contributed by atoms with E-state index in [-0.39, 0.29) is 31.5 Å². The van der Waals surface area contributed by atoms with Crippen LogP contribution >= 0.6 is 7.82 Å². The van der Waals surface area contributed by atoms with Crippen LogP contribution in [0.2, 0.25) is 0 Å². The molecule has 3 atom stereocenters. The largest absolute Gasteiger partial charge is 0.472 e. The number of nitrogens with one attached hydrogen (secondary N) is 1. The van der Waals surface area contributed by atoms with Gasteiger partial charge in [0, 0.05) is 12.8 Å². The topological polar surface area (TPSA) is 111 Å². The first-order valence-corrected chi connectivity index (χ1v) is 32.8. The molecule has 0 fully saturated rings. The second-order valence-corrected chi connectivity index (χ2v) is 23.7. The fourth-order valence-electron chi connectivity index (χ4n) is 8.74. The van der Waals surface area contributed by atoms with Crippen molar-refractivity contribution in [2.45, 2.75) is 290 Å². The minimum Gasteiger partial charge on any atom is -0.456 e. The number of hydrogen-bond donors (Lipinski definition) is 2. The highest BCUT2D eigenvalue weighted by Crippen LogP contribution is 2.43. The van der Waals surface area contributed by atoms with Crippen LogP contribution in [0.1, 0.15) is 278 Å². The van der Waals surface area contributed by atoms with Crippen LogP contribution in [0.4, 0.5) is 0 Å². The summed E-state index contributed by atoms with van der Waals surface area (Å²) < 4.78 is 30.7. The maximum Gasteiger partial charge on any atom is 0.472 e. The van der Waals surface area contributed by atoms with Crippen LogP contribution in [-0.4, -0.2) is 74.3 Å². The standard InChI is InChI=1S/C65H119N2O7P/c1-7-10-13-16-19-22-25-27-29-31-32-33-34-36-37-39-42-45-48-51-54-57-64(68)66-62(61-73-75(70,71)72-60-59-67(4,5)6)63(56-53-50-47-44-41-24-21-18-15-12-9-3)74-65(69)58-55-52-49-46-43-40-38-35-30-28-26-23-20-17-14-11-8-2/h19,22,27-30,32-33,36-37,53,56,62-63H,7-18,20-21,23-26,31,34-35,38-52,54-55,57-61H2,1-6H3,(H-,66,68,70,71)/p+1/b22-19-,29-27-,30-28+,33-32-,37-36-,56-53-. The summed E-state index contributed by atoms with van der Waals surface area (Å²) in [6.45, 7) is 6.96. The predicted molar refractivity (Wildman–Crippen MR) is 323 cm³/mol. The number of likely N-dealkylation sites (N-methyl/N-ethyl adjacent to an activating group) is 1. The zero-order valence-electron chi connectivity index (χ0n) is 49.8. The van der Waals surface area contributed by atoms with Gasteiger partial charge in [0.1, 0.15) is 19.3 Å². The van der Waals surface area contributed by atoms with Gasteiger partial charge >= 0.3 is 13.8 Å². The predicted octanol–water partition coefficient (Wildman–Crippen LogP) is 19.2. The molecule has 436 valence electrons. The Hall–Kier alpha value is -2.55. The lowest BCUT2D eigenvalue weighted by Crippen LogP contribution is -2.47. The first-order chi connectivity index (χ1) is 36.4. The molecule has 2 N–H and O–H groups in total. The van der Waals surface area contributed by atoms with Gasteiger partial charge in [0.15, 0.2) is 0 Å². The highest BCUT2D eigenvalue weighted by atomic mass is 31.2. The first kappa shape index (κ1) is 72.5. The zero-order valence-corrected chi connectivity index (χ0v) is 50.7. The van der Waals surface area contributed by atoms with E-state index in [0.717, 1.165) is 109 Å². The lowest BCUT2D eigenvalue weighted by Gasteiger charge is -2.27. The van der Waals surface area contributed by atoms with Crippen molar-refractivity contribution in [3.05, 3.63) is 72.9 Å².